The van der Waals surface area contributed by atoms with Crippen LogP contribution >= 0.6 is 12.2 Å². The Bertz CT molecular complexity index is 687. The minimum absolute atomic E-state index is 0.239. The summed E-state index contributed by atoms with van der Waals surface area (Å²) in [5, 5.41) is 2.82. The maximum atomic E-state index is 13.2. The summed E-state index contributed by atoms with van der Waals surface area (Å²) in [6, 6.07) is 12.6. The summed E-state index contributed by atoms with van der Waals surface area (Å²) < 4.78 is 13.2. The molecular formula is C16H15FN2OS. The predicted molar refractivity (Wildman–Crippen MR) is 84.6 cm³/mol. The van der Waals surface area contributed by atoms with Gasteiger partial charge in [-0.2, -0.15) is 0 Å². The number of hydrogen-bond acceptors (Lipinski definition) is 2. The van der Waals surface area contributed by atoms with E-state index in [1.165, 1.54) is 12.1 Å². The van der Waals surface area contributed by atoms with Gasteiger partial charge in [0.1, 0.15) is 10.8 Å². The second-order valence-electron chi connectivity index (χ2n) is 4.70. The van der Waals surface area contributed by atoms with Crippen molar-refractivity contribution in [1.29, 1.82) is 0 Å². The molecule has 3 nitrogen and oxygen atoms in total. The average molecular weight is 302 g/mol. The zero-order chi connectivity index (χ0) is 15.4. The Hall–Kier alpha value is -2.27. The van der Waals surface area contributed by atoms with Crippen LogP contribution in [0.25, 0.3) is 0 Å². The number of carbonyl (C=O) groups excluding carboxylic acids is 1. The van der Waals surface area contributed by atoms with Crippen LogP contribution in [0, 0.1) is 5.82 Å². The SMILES string of the molecule is CC(NC(=O)c1cccc(C(N)=S)c1)c1cccc(F)c1. The number of nitrogens with two attached hydrogens (primary N) is 1. The van der Waals surface area contributed by atoms with Crippen LogP contribution in [0.5, 0.6) is 0 Å². The van der Waals surface area contributed by atoms with Crippen molar-refractivity contribution >= 4 is 23.1 Å². The molecule has 0 saturated carbocycles. The molecule has 1 amide bonds. The number of thiocarbonyl (C=S) groups is 1. The fourth-order valence-corrected chi connectivity index (χ4v) is 2.08. The lowest BCUT2D eigenvalue weighted by Crippen LogP contribution is -2.27. The van der Waals surface area contributed by atoms with Crippen molar-refractivity contribution in [2.24, 2.45) is 5.73 Å². The van der Waals surface area contributed by atoms with Crippen LogP contribution in [0.3, 0.4) is 0 Å². The molecule has 2 rings (SSSR count). The minimum atomic E-state index is -0.330. The van der Waals surface area contributed by atoms with E-state index < -0.39 is 0 Å². The zero-order valence-electron chi connectivity index (χ0n) is 11.5. The molecule has 0 aliphatic rings. The van der Waals surface area contributed by atoms with E-state index in [-0.39, 0.29) is 22.8 Å². The molecule has 1 unspecified atom stereocenters. The molecule has 0 aromatic heterocycles. The molecule has 0 saturated heterocycles. The molecular weight excluding hydrogens is 287 g/mol. The van der Waals surface area contributed by atoms with Crippen LogP contribution in [0.2, 0.25) is 0 Å². The minimum Gasteiger partial charge on any atom is -0.389 e. The number of benzene rings is 2. The topological polar surface area (TPSA) is 55.1 Å². The lowest BCUT2D eigenvalue weighted by molar-refractivity contribution is 0.0940. The Morgan fingerprint density at radius 2 is 1.86 bits per heavy atom. The third-order valence-electron chi connectivity index (χ3n) is 3.11. The monoisotopic (exact) mass is 302 g/mol. The lowest BCUT2D eigenvalue weighted by atomic mass is 10.1. The lowest BCUT2D eigenvalue weighted by Gasteiger charge is -2.14. The Labute approximate surface area is 128 Å². The van der Waals surface area contributed by atoms with Crippen molar-refractivity contribution in [3.8, 4) is 0 Å². The van der Waals surface area contributed by atoms with Gasteiger partial charge in [0.2, 0.25) is 0 Å². The first kappa shape index (κ1) is 15.1. The van der Waals surface area contributed by atoms with Gasteiger partial charge in [-0.25, -0.2) is 4.39 Å². The molecule has 2 aromatic carbocycles. The Morgan fingerprint density at radius 1 is 1.19 bits per heavy atom. The molecule has 0 bridgehead atoms. The highest BCUT2D eigenvalue weighted by Crippen LogP contribution is 2.14. The first-order valence-corrected chi connectivity index (χ1v) is 6.84. The number of nitrogens with one attached hydrogen (secondary N) is 1. The molecule has 0 radical (unpaired) electrons. The van der Waals surface area contributed by atoms with Gasteiger partial charge >= 0.3 is 0 Å². The van der Waals surface area contributed by atoms with E-state index in [0.29, 0.717) is 16.7 Å². The number of hydrogen-bond donors (Lipinski definition) is 2. The van der Waals surface area contributed by atoms with Crippen LogP contribution in [0.15, 0.2) is 48.5 Å². The molecule has 108 valence electrons. The Balaban J connectivity index is 2.14. The van der Waals surface area contributed by atoms with E-state index in [0.717, 1.165) is 0 Å². The van der Waals surface area contributed by atoms with Crippen LogP contribution in [-0.4, -0.2) is 10.9 Å². The number of halogens is 1. The molecule has 0 aliphatic carbocycles. The van der Waals surface area contributed by atoms with Crippen LogP contribution in [0.1, 0.15) is 34.5 Å². The number of amides is 1. The van der Waals surface area contributed by atoms with Crippen LogP contribution < -0.4 is 11.1 Å². The van der Waals surface area contributed by atoms with E-state index in [1.807, 2.05) is 0 Å². The molecule has 0 aliphatic heterocycles. The van der Waals surface area contributed by atoms with Gasteiger partial charge < -0.3 is 11.1 Å². The first-order valence-electron chi connectivity index (χ1n) is 6.43. The molecule has 2 aromatic rings. The van der Waals surface area contributed by atoms with Gasteiger partial charge in [-0.15, -0.1) is 0 Å². The van der Waals surface area contributed by atoms with E-state index in [4.69, 9.17) is 18.0 Å². The highest BCUT2D eigenvalue weighted by atomic mass is 32.1. The van der Waals surface area contributed by atoms with Gasteiger partial charge in [0, 0.05) is 11.1 Å². The number of rotatable bonds is 4. The predicted octanol–water partition coefficient (Wildman–Crippen LogP) is 2.95. The number of carbonyl (C=O) groups is 1. The van der Waals surface area contributed by atoms with Gasteiger partial charge in [-0.3, -0.25) is 4.79 Å². The van der Waals surface area contributed by atoms with Crippen molar-refractivity contribution in [1.82, 2.24) is 5.32 Å². The summed E-state index contributed by atoms with van der Waals surface area (Å²) in [6.45, 7) is 1.80. The van der Waals surface area contributed by atoms with Crippen LogP contribution in [-0.2, 0) is 0 Å². The molecule has 5 heteroatoms. The maximum absolute atomic E-state index is 13.2. The Morgan fingerprint density at radius 3 is 2.52 bits per heavy atom. The Kier molecular flexibility index (Phi) is 4.65. The average Bonchev–Trinajstić information content (AvgIpc) is 2.47. The summed E-state index contributed by atoms with van der Waals surface area (Å²) in [7, 11) is 0. The summed E-state index contributed by atoms with van der Waals surface area (Å²) >= 11 is 4.89. The third kappa shape index (κ3) is 3.86. The quantitative estimate of drug-likeness (QED) is 0.854. The molecule has 3 N–H and O–H groups in total. The highest BCUT2D eigenvalue weighted by molar-refractivity contribution is 7.80. The third-order valence-corrected chi connectivity index (χ3v) is 3.34. The van der Waals surface area contributed by atoms with Gasteiger partial charge in [-0.1, -0.05) is 36.5 Å². The molecule has 0 spiro atoms. The van der Waals surface area contributed by atoms with Gasteiger partial charge in [0.15, 0.2) is 0 Å². The fourth-order valence-electron chi connectivity index (χ4n) is 1.95. The van der Waals surface area contributed by atoms with Gasteiger partial charge in [0.05, 0.1) is 6.04 Å². The second kappa shape index (κ2) is 6.45. The van der Waals surface area contributed by atoms with Crippen molar-refractivity contribution in [3.63, 3.8) is 0 Å². The second-order valence-corrected chi connectivity index (χ2v) is 5.14. The van der Waals surface area contributed by atoms with Gasteiger partial charge in [0.25, 0.3) is 5.91 Å². The smallest absolute Gasteiger partial charge is 0.251 e. The van der Waals surface area contributed by atoms with E-state index in [1.54, 1.807) is 43.3 Å². The van der Waals surface area contributed by atoms with E-state index >= 15 is 0 Å². The van der Waals surface area contributed by atoms with E-state index in [9.17, 15) is 9.18 Å². The molecule has 0 heterocycles. The van der Waals surface area contributed by atoms with Crippen molar-refractivity contribution < 1.29 is 9.18 Å². The van der Waals surface area contributed by atoms with Crippen molar-refractivity contribution in [3.05, 3.63) is 71.0 Å². The maximum Gasteiger partial charge on any atom is 0.251 e. The van der Waals surface area contributed by atoms with E-state index in [2.05, 4.69) is 5.32 Å². The zero-order valence-corrected chi connectivity index (χ0v) is 12.3. The normalized spacial score (nSPS) is 11.7. The van der Waals surface area contributed by atoms with Gasteiger partial charge in [-0.05, 0) is 36.8 Å². The standard InChI is InChI=1S/C16H15FN2OS/c1-10(11-4-3-7-14(17)9-11)19-16(20)13-6-2-5-12(8-13)15(18)21/h2-10H,1H3,(H2,18,21)(H,19,20). The first-order chi connectivity index (χ1) is 9.97. The molecule has 0 fully saturated rings. The largest absolute Gasteiger partial charge is 0.389 e. The fraction of sp³-hybridized carbons (Fsp3) is 0.125. The van der Waals surface area contributed by atoms with Crippen molar-refractivity contribution in [2.45, 2.75) is 13.0 Å². The highest BCUT2D eigenvalue weighted by Gasteiger charge is 2.12. The summed E-state index contributed by atoms with van der Waals surface area (Å²) in [6.07, 6.45) is 0. The molecule has 21 heavy (non-hydrogen) atoms. The summed E-state index contributed by atoms with van der Waals surface area (Å²) in [5.74, 6) is -0.589. The van der Waals surface area contributed by atoms with Crippen LogP contribution in [0.4, 0.5) is 4.39 Å². The summed E-state index contributed by atoms with van der Waals surface area (Å²) in [5.41, 5.74) is 7.35. The molecule has 1 atom stereocenters. The summed E-state index contributed by atoms with van der Waals surface area (Å²) in [4.78, 5) is 12.4. The van der Waals surface area contributed by atoms with Crippen molar-refractivity contribution in [2.75, 3.05) is 0 Å².